The molecule has 0 amide bonds. The predicted octanol–water partition coefficient (Wildman–Crippen LogP) is 2.43. The van der Waals surface area contributed by atoms with Crippen LogP contribution in [0.4, 0.5) is 17.6 Å². The first-order valence-corrected chi connectivity index (χ1v) is 7.05. The Balaban J connectivity index is 1.84. The van der Waals surface area contributed by atoms with Crippen molar-refractivity contribution in [2.45, 2.75) is 18.8 Å². The van der Waals surface area contributed by atoms with E-state index in [4.69, 9.17) is 4.74 Å². The van der Waals surface area contributed by atoms with E-state index in [0.717, 1.165) is 0 Å². The number of rotatable bonds is 2. The molecule has 8 heteroatoms. The molecule has 1 aliphatic rings. The van der Waals surface area contributed by atoms with Gasteiger partial charge in [0.2, 0.25) is 0 Å². The first-order chi connectivity index (χ1) is 10.8. The SMILES string of the molecule is O=c1cc(CN2CCO[C@H](C(F)(F)F)C2)[nH]c2c(F)cccc12. The fraction of sp³-hybridized carbons (Fsp3) is 0.400. The molecular weight excluding hydrogens is 316 g/mol. The monoisotopic (exact) mass is 330 g/mol. The molecule has 4 nitrogen and oxygen atoms in total. The summed E-state index contributed by atoms with van der Waals surface area (Å²) >= 11 is 0. The van der Waals surface area contributed by atoms with Gasteiger partial charge in [-0.2, -0.15) is 13.2 Å². The van der Waals surface area contributed by atoms with Crippen molar-refractivity contribution in [3.63, 3.8) is 0 Å². The number of aromatic nitrogens is 1. The van der Waals surface area contributed by atoms with Gasteiger partial charge in [-0.3, -0.25) is 9.69 Å². The number of pyridine rings is 1. The van der Waals surface area contributed by atoms with Crippen molar-refractivity contribution in [3.8, 4) is 0 Å². The maximum atomic E-state index is 13.8. The van der Waals surface area contributed by atoms with E-state index in [9.17, 15) is 22.4 Å². The van der Waals surface area contributed by atoms with Crippen LogP contribution in [0, 0.1) is 5.82 Å². The van der Waals surface area contributed by atoms with Crippen LogP contribution in [0.3, 0.4) is 0 Å². The molecule has 1 aromatic carbocycles. The number of hydrogen-bond donors (Lipinski definition) is 1. The lowest BCUT2D eigenvalue weighted by molar-refractivity contribution is -0.237. The van der Waals surface area contributed by atoms with E-state index in [1.54, 1.807) is 0 Å². The van der Waals surface area contributed by atoms with Crippen LogP contribution in [0.25, 0.3) is 10.9 Å². The summed E-state index contributed by atoms with van der Waals surface area (Å²) in [5.74, 6) is -0.573. The lowest BCUT2D eigenvalue weighted by Crippen LogP contribution is -2.48. The smallest absolute Gasteiger partial charge is 0.366 e. The van der Waals surface area contributed by atoms with E-state index in [0.29, 0.717) is 12.2 Å². The molecule has 124 valence electrons. The maximum Gasteiger partial charge on any atom is 0.415 e. The van der Waals surface area contributed by atoms with Gasteiger partial charge < -0.3 is 9.72 Å². The summed E-state index contributed by atoms with van der Waals surface area (Å²) in [5.41, 5.74) is 0.0694. The van der Waals surface area contributed by atoms with Crippen LogP contribution in [0.2, 0.25) is 0 Å². The van der Waals surface area contributed by atoms with Crippen LogP contribution in [-0.2, 0) is 11.3 Å². The highest BCUT2D eigenvalue weighted by Crippen LogP contribution is 2.26. The predicted molar refractivity (Wildman–Crippen MR) is 75.6 cm³/mol. The average molecular weight is 330 g/mol. The molecule has 0 aliphatic carbocycles. The molecule has 0 saturated carbocycles. The van der Waals surface area contributed by atoms with Gasteiger partial charge in [0, 0.05) is 36.8 Å². The van der Waals surface area contributed by atoms with Crippen LogP contribution in [-0.4, -0.2) is 41.9 Å². The number of aromatic amines is 1. The van der Waals surface area contributed by atoms with Crippen molar-refractivity contribution in [3.05, 3.63) is 46.0 Å². The Morgan fingerprint density at radius 3 is 2.87 bits per heavy atom. The third-order valence-electron chi connectivity index (χ3n) is 3.78. The van der Waals surface area contributed by atoms with Crippen molar-refractivity contribution >= 4 is 10.9 Å². The van der Waals surface area contributed by atoms with Gasteiger partial charge in [0.25, 0.3) is 0 Å². The van der Waals surface area contributed by atoms with Crippen LogP contribution in [0.5, 0.6) is 0 Å². The van der Waals surface area contributed by atoms with E-state index >= 15 is 0 Å². The number of nitrogens with one attached hydrogen (secondary N) is 1. The normalized spacial score (nSPS) is 20.1. The number of halogens is 4. The van der Waals surface area contributed by atoms with Crippen molar-refractivity contribution < 1.29 is 22.3 Å². The number of fused-ring (bicyclic) bond motifs is 1. The second-order valence-corrected chi connectivity index (χ2v) is 5.46. The van der Waals surface area contributed by atoms with Gasteiger partial charge in [0.05, 0.1) is 12.1 Å². The molecule has 0 radical (unpaired) electrons. The molecule has 1 N–H and O–H groups in total. The summed E-state index contributed by atoms with van der Waals surface area (Å²) in [7, 11) is 0. The zero-order chi connectivity index (χ0) is 16.6. The Kier molecular flexibility index (Phi) is 4.11. The Morgan fingerprint density at radius 2 is 2.13 bits per heavy atom. The van der Waals surface area contributed by atoms with Gasteiger partial charge in [0.15, 0.2) is 11.5 Å². The van der Waals surface area contributed by atoms with Gasteiger partial charge in [-0.15, -0.1) is 0 Å². The van der Waals surface area contributed by atoms with Gasteiger partial charge in [-0.25, -0.2) is 4.39 Å². The summed E-state index contributed by atoms with van der Waals surface area (Å²) in [6.45, 7) is 0.0383. The van der Waals surface area contributed by atoms with Crippen LogP contribution < -0.4 is 5.43 Å². The van der Waals surface area contributed by atoms with Gasteiger partial charge >= 0.3 is 6.18 Å². The molecule has 1 atom stereocenters. The van der Waals surface area contributed by atoms with Gasteiger partial charge in [-0.1, -0.05) is 6.07 Å². The molecule has 1 saturated heterocycles. The third-order valence-corrected chi connectivity index (χ3v) is 3.78. The van der Waals surface area contributed by atoms with Gasteiger partial charge in [0.1, 0.15) is 5.82 Å². The molecule has 2 aromatic rings. The minimum atomic E-state index is -4.43. The number of alkyl halides is 3. The van der Waals surface area contributed by atoms with Crippen molar-refractivity contribution in [2.75, 3.05) is 19.7 Å². The molecule has 2 heterocycles. The lowest BCUT2D eigenvalue weighted by Gasteiger charge is -2.33. The molecular formula is C15H14F4N2O2. The Morgan fingerprint density at radius 1 is 1.35 bits per heavy atom. The number of H-pyrrole nitrogens is 1. The number of hydrogen-bond acceptors (Lipinski definition) is 3. The summed E-state index contributed by atoms with van der Waals surface area (Å²) in [6.07, 6.45) is -6.28. The molecule has 1 aromatic heterocycles. The second-order valence-electron chi connectivity index (χ2n) is 5.46. The molecule has 0 bridgehead atoms. The van der Waals surface area contributed by atoms with Crippen molar-refractivity contribution in [2.24, 2.45) is 0 Å². The van der Waals surface area contributed by atoms with Crippen LogP contribution in [0.15, 0.2) is 29.1 Å². The number of nitrogens with zero attached hydrogens (tertiary/aromatic N) is 1. The van der Waals surface area contributed by atoms with Crippen molar-refractivity contribution in [1.29, 1.82) is 0 Å². The topological polar surface area (TPSA) is 45.3 Å². The fourth-order valence-electron chi connectivity index (χ4n) is 2.66. The number of ether oxygens (including phenoxy) is 1. The number of benzene rings is 1. The largest absolute Gasteiger partial charge is 0.415 e. The molecule has 0 spiro atoms. The van der Waals surface area contributed by atoms with Crippen LogP contribution >= 0.6 is 0 Å². The van der Waals surface area contributed by atoms with E-state index in [-0.39, 0.29) is 36.0 Å². The highest BCUT2D eigenvalue weighted by atomic mass is 19.4. The molecule has 1 fully saturated rings. The summed E-state index contributed by atoms with van der Waals surface area (Å²) < 4.78 is 56.7. The minimum absolute atomic E-state index is 0.0453. The Bertz CT molecular complexity index is 772. The number of para-hydroxylation sites is 1. The minimum Gasteiger partial charge on any atom is -0.366 e. The first kappa shape index (κ1) is 15.9. The van der Waals surface area contributed by atoms with E-state index < -0.39 is 18.1 Å². The standard InChI is InChI=1S/C15H14F4N2O2/c16-11-3-1-2-10-12(22)6-9(20-14(10)11)7-21-4-5-23-13(8-21)15(17,18)19/h1-3,6,13H,4-5,7-8H2,(H,20,22)/t13-/m0/s1. The fourth-order valence-corrected chi connectivity index (χ4v) is 2.66. The zero-order valence-corrected chi connectivity index (χ0v) is 12.0. The third kappa shape index (κ3) is 3.37. The molecule has 1 aliphatic heterocycles. The van der Waals surface area contributed by atoms with E-state index in [1.165, 1.54) is 29.2 Å². The Labute approximate surface area is 128 Å². The molecule has 3 rings (SSSR count). The first-order valence-electron chi connectivity index (χ1n) is 7.05. The summed E-state index contributed by atoms with van der Waals surface area (Å²) in [5, 5.41) is 0.212. The van der Waals surface area contributed by atoms with Gasteiger partial charge in [-0.05, 0) is 12.1 Å². The molecule has 23 heavy (non-hydrogen) atoms. The second kappa shape index (κ2) is 5.93. The summed E-state index contributed by atoms with van der Waals surface area (Å²) in [4.78, 5) is 16.3. The quantitative estimate of drug-likeness (QED) is 0.860. The van der Waals surface area contributed by atoms with Crippen LogP contribution in [0.1, 0.15) is 5.69 Å². The highest BCUT2D eigenvalue weighted by Gasteiger charge is 2.43. The zero-order valence-electron chi connectivity index (χ0n) is 12.0. The lowest BCUT2D eigenvalue weighted by atomic mass is 10.1. The van der Waals surface area contributed by atoms with E-state index in [2.05, 4.69) is 4.98 Å². The molecule has 0 unspecified atom stereocenters. The highest BCUT2D eigenvalue weighted by molar-refractivity contribution is 5.78. The Hall–Kier alpha value is -1.93. The average Bonchev–Trinajstić information content (AvgIpc) is 2.48. The maximum absolute atomic E-state index is 13.8. The summed E-state index contributed by atoms with van der Waals surface area (Å²) in [6, 6.07) is 5.44. The number of morpholine rings is 1. The van der Waals surface area contributed by atoms with E-state index in [1.807, 2.05) is 0 Å². The van der Waals surface area contributed by atoms with Crippen molar-refractivity contribution in [1.82, 2.24) is 9.88 Å².